The number of urea groups is 1. The Morgan fingerprint density at radius 2 is 1.96 bits per heavy atom. The number of amides is 2. The second-order valence-electron chi connectivity index (χ2n) is 7.17. The molecule has 1 aliphatic rings. The molecule has 1 saturated carbocycles. The lowest BCUT2D eigenvalue weighted by atomic mass is 9.98. The Kier molecular flexibility index (Phi) is 7.35. The first-order valence-corrected chi connectivity index (χ1v) is 9.14. The molecule has 2 amide bonds. The third-order valence-corrected chi connectivity index (χ3v) is 5.07. The second-order valence-corrected chi connectivity index (χ2v) is 7.17. The summed E-state index contributed by atoms with van der Waals surface area (Å²) in [5.74, 6) is 0.140. The Hall–Kier alpha value is -1.96. The summed E-state index contributed by atoms with van der Waals surface area (Å²) in [4.78, 5) is 14.1. The van der Waals surface area contributed by atoms with Gasteiger partial charge in [-0.1, -0.05) is 25.0 Å². The summed E-state index contributed by atoms with van der Waals surface area (Å²) in [5.41, 5.74) is 0.905. The van der Waals surface area contributed by atoms with E-state index < -0.39 is 24.2 Å². The molecule has 152 valence electrons. The van der Waals surface area contributed by atoms with Gasteiger partial charge in [0.05, 0.1) is 13.2 Å². The summed E-state index contributed by atoms with van der Waals surface area (Å²) >= 11 is 0. The van der Waals surface area contributed by atoms with Crippen molar-refractivity contribution in [3.8, 4) is 5.75 Å². The van der Waals surface area contributed by atoms with Crippen molar-refractivity contribution in [2.45, 2.75) is 43.9 Å². The lowest BCUT2D eigenvalue weighted by Crippen LogP contribution is -2.53. The second kappa shape index (κ2) is 9.30. The summed E-state index contributed by atoms with van der Waals surface area (Å²) in [5, 5.41) is 4.74. The van der Waals surface area contributed by atoms with Gasteiger partial charge in [0, 0.05) is 6.54 Å². The number of nitrogens with zero attached hydrogens (tertiary/aromatic N) is 1. The number of ether oxygens (including phenoxy) is 1. The van der Waals surface area contributed by atoms with E-state index in [4.69, 9.17) is 4.74 Å². The summed E-state index contributed by atoms with van der Waals surface area (Å²) < 4.78 is 45.2. The van der Waals surface area contributed by atoms with Crippen LogP contribution in [0.3, 0.4) is 0 Å². The molecule has 2 unspecified atom stereocenters. The van der Waals surface area contributed by atoms with E-state index in [2.05, 4.69) is 10.6 Å². The minimum absolute atomic E-state index is 0.182. The number of halogens is 3. The minimum Gasteiger partial charge on any atom is -0.497 e. The average molecular weight is 387 g/mol. The van der Waals surface area contributed by atoms with Crippen LogP contribution in [0.5, 0.6) is 5.75 Å². The number of benzene rings is 1. The van der Waals surface area contributed by atoms with Gasteiger partial charge in [0.15, 0.2) is 0 Å². The van der Waals surface area contributed by atoms with Gasteiger partial charge >= 0.3 is 12.2 Å². The van der Waals surface area contributed by atoms with Gasteiger partial charge in [-0.25, -0.2) is 4.79 Å². The van der Waals surface area contributed by atoms with Gasteiger partial charge in [-0.15, -0.1) is 0 Å². The first kappa shape index (κ1) is 21.3. The third-order valence-electron chi connectivity index (χ3n) is 5.07. The number of rotatable bonds is 7. The molecule has 1 aliphatic carbocycles. The maximum atomic E-state index is 13.3. The molecule has 1 aromatic rings. The van der Waals surface area contributed by atoms with Crippen molar-refractivity contribution in [3.05, 3.63) is 29.8 Å². The molecule has 1 fully saturated rings. The number of nitrogens with one attached hydrogen (secondary N) is 2. The lowest BCUT2D eigenvalue weighted by Gasteiger charge is -2.29. The molecule has 5 nitrogen and oxygen atoms in total. The number of alkyl halides is 3. The zero-order chi connectivity index (χ0) is 20.0. The number of methoxy groups -OCH3 is 1. The molecule has 0 radical (unpaired) electrons. The predicted molar refractivity (Wildman–Crippen MR) is 97.8 cm³/mol. The van der Waals surface area contributed by atoms with Gasteiger partial charge in [-0.05, 0) is 50.6 Å². The quantitative estimate of drug-likeness (QED) is 0.750. The largest absolute Gasteiger partial charge is 0.497 e. The Morgan fingerprint density at radius 1 is 1.30 bits per heavy atom. The Bertz CT molecular complexity index is 616. The predicted octanol–water partition coefficient (Wildman–Crippen LogP) is 3.72. The highest BCUT2D eigenvalue weighted by atomic mass is 19.4. The monoisotopic (exact) mass is 387 g/mol. The van der Waals surface area contributed by atoms with Crippen LogP contribution in [0.15, 0.2) is 24.3 Å². The van der Waals surface area contributed by atoms with Crippen molar-refractivity contribution in [2.75, 3.05) is 27.7 Å². The van der Waals surface area contributed by atoms with Gasteiger partial charge in [-0.3, -0.25) is 0 Å². The lowest BCUT2D eigenvalue weighted by molar-refractivity contribution is -0.164. The zero-order valence-corrected chi connectivity index (χ0v) is 16.0. The maximum absolute atomic E-state index is 13.3. The summed E-state index contributed by atoms with van der Waals surface area (Å²) in [7, 11) is 5.26. The van der Waals surface area contributed by atoms with E-state index in [1.807, 2.05) is 43.3 Å². The molecule has 27 heavy (non-hydrogen) atoms. The fourth-order valence-electron chi connectivity index (χ4n) is 3.59. The van der Waals surface area contributed by atoms with Gasteiger partial charge in [0.1, 0.15) is 11.8 Å². The average Bonchev–Trinajstić information content (AvgIpc) is 3.12. The van der Waals surface area contributed by atoms with E-state index in [1.54, 1.807) is 7.11 Å². The summed E-state index contributed by atoms with van der Waals surface area (Å²) in [6, 6.07) is 4.61. The molecule has 0 aliphatic heterocycles. The van der Waals surface area contributed by atoms with Crippen molar-refractivity contribution < 1.29 is 22.7 Å². The van der Waals surface area contributed by atoms with E-state index in [-0.39, 0.29) is 12.6 Å². The van der Waals surface area contributed by atoms with Crippen molar-refractivity contribution >= 4 is 6.03 Å². The van der Waals surface area contributed by atoms with Crippen LogP contribution in [-0.4, -0.2) is 50.9 Å². The topological polar surface area (TPSA) is 53.6 Å². The third kappa shape index (κ3) is 6.02. The SMILES string of the molecule is COc1cccc(C(CNC(=O)NC(C2CCCC2)C(F)(F)F)N(C)C)c1. The van der Waals surface area contributed by atoms with Crippen molar-refractivity contribution in [1.82, 2.24) is 15.5 Å². The fourth-order valence-corrected chi connectivity index (χ4v) is 3.59. The van der Waals surface area contributed by atoms with Crippen LogP contribution >= 0.6 is 0 Å². The first-order valence-electron chi connectivity index (χ1n) is 9.14. The van der Waals surface area contributed by atoms with Gasteiger partial charge < -0.3 is 20.3 Å². The van der Waals surface area contributed by atoms with E-state index in [0.29, 0.717) is 18.6 Å². The van der Waals surface area contributed by atoms with Crippen LogP contribution in [0.4, 0.5) is 18.0 Å². The Balaban J connectivity index is 2.00. The highest BCUT2D eigenvalue weighted by Crippen LogP contribution is 2.35. The maximum Gasteiger partial charge on any atom is 0.408 e. The standard InChI is InChI=1S/C19H28F3N3O2/c1-25(2)16(14-9-6-10-15(11-14)27-3)12-23-18(26)24-17(19(20,21)22)13-7-4-5-8-13/h6,9-11,13,16-17H,4-5,7-8,12H2,1-3H3,(H2,23,24,26). The molecule has 8 heteroatoms. The number of carbonyl (C=O) groups is 1. The van der Waals surface area contributed by atoms with Crippen LogP contribution in [0, 0.1) is 5.92 Å². The molecule has 1 aromatic carbocycles. The molecule has 2 atom stereocenters. The highest BCUT2D eigenvalue weighted by Gasteiger charge is 2.46. The van der Waals surface area contributed by atoms with E-state index in [0.717, 1.165) is 18.4 Å². The van der Waals surface area contributed by atoms with Crippen LogP contribution in [0.2, 0.25) is 0 Å². The van der Waals surface area contributed by atoms with E-state index in [9.17, 15) is 18.0 Å². The highest BCUT2D eigenvalue weighted by molar-refractivity contribution is 5.74. The molecule has 0 aromatic heterocycles. The molecule has 2 N–H and O–H groups in total. The molecule has 2 rings (SSSR count). The Labute approximate surface area is 158 Å². The van der Waals surface area contributed by atoms with Crippen LogP contribution < -0.4 is 15.4 Å². The molecular weight excluding hydrogens is 359 g/mol. The number of hydrogen-bond acceptors (Lipinski definition) is 3. The van der Waals surface area contributed by atoms with E-state index in [1.165, 1.54) is 0 Å². The van der Waals surface area contributed by atoms with Crippen LogP contribution in [-0.2, 0) is 0 Å². The Morgan fingerprint density at radius 3 is 2.52 bits per heavy atom. The number of carbonyl (C=O) groups excluding carboxylic acids is 1. The van der Waals surface area contributed by atoms with Crippen LogP contribution in [0.25, 0.3) is 0 Å². The van der Waals surface area contributed by atoms with Crippen molar-refractivity contribution in [2.24, 2.45) is 5.92 Å². The summed E-state index contributed by atoms with van der Waals surface area (Å²) in [6.45, 7) is 0.182. The normalized spacial score (nSPS) is 17.6. The van der Waals surface area contributed by atoms with Gasteiger partial charge in [0.2, 0.25) is 0 Å². The van der Waals surface area contributed by atoms with Crippen molar-refractivity contribution in [3.63, 3.8) is 0 Å². The van der Waals surface area contributed by atoms with Gasteiger partial charge in [-0.2, -0.15) is 13.2 Å². The molecule has 0 spiro atoms. The van der Waals surface area contributed by atoms with Crippen LogP contribution in [0.1, 0.15) is 37.3 Å². The van der Waals surface area contributed by atoms with Gasteiger partial charge in [0.25, 0.3) is 0 Å². The molecule has 0 saturated heterocycles. The zero-order valence-electron chi connectivity index (χ0n) is 16.0. The number of likely N-dealkylation sites (N-methyl/N-ethyl adjacent to an activating group) is 1. The minimum atomic E-state index is -4.44. The van der Waals surface area contributed by atoms with E-state index >= 15 is 0 Å². The molecule has 0 bridgehead atoms. The number of hydrogen-bond donors (Lipinski definition) is 2. The van der Waals surface area contributed by atoms with Crippen molar-refractivity contribution in [1.29, 1.82) is 0 Å². The molecule has 0 heterocycles. The molecular formula is C19H28F3N3O2. The summed E-state index contributed by atoms with van der Waals surface area (Å²) in [6.07, 6.45) is -1.90. The fraction of sp³-hybridized carbons (Fsp3) is 0.632. The smallest absolute Gasteiger partial charge is 0.408 e. The first-order chi connectivity index (χ1) is 12.7.